The molecule has 5 heterocycles. The molecule has 3 aromatic heterocycles. The van der Waals surface area contributed by atoms with Crippen LogP contribution in [0.1, 0.15) is 104 Å². The highest BCUT2D eigenvalue weighted by atomic mass is 32.1. The number of nitrogens with zero attached hydrogens (tertiary/aromatic N) is 2. The van der Waals surface area contributed by atoms with Gasteiger partial charge in [0.15, 0.2) is 5.58 Å². The number of furan rings is 2. The van der Waals surface area contributed by atoms with E-state index in [1.54, 1.807) is 0 Å². The topological polar surface area (TPSA) is 32.8 Å². The van der Waals surface area contributed by atoms with Crippen molar-refractivity contribution in [3.8, 4) is 22.3 Å². The summed E-state index contributed by atoms with van der Waals surface area (Å²) in [4.78, 5) is 5.21. The minimum Gasteiger partial charge on any atom is -0.456 e. The normalized spacial score (nSPS) is 15.9. The van der Waals surface area contributed by atoms with E-state index in [4.69, 9.17) is 8.83 Å². The van der Waals surface area contributed by atoms with Gasteiger partial charge in [-0.25, -0.2) is 0 Å². The minimum absolute atomic E-state index is 0.000589. The van der Waals surface area contributed by atoms with Gasteiger partial charge < -0.3 is 18.5 Å². The highest BCUT2D eigenvalue weighted by Crippen LogP contribution is 2.55. The van der Waals surface area contributed by atoms with Crippen molar-refractivity contribution >= 4 is 111 Å². The fourth-order valence-electron chi connectivity index (χ4n) is 12.6. The predicted molar refractivity (Wildman–Crippen MR) is 308 cm³/mol. The van der Waals surface area contributed by atoms with E-state index in [2.05, 4.69) is 231 Å². The third-order valence-electron chi connectivity index (χ3n) is 16.8. The van der Waals surface area contributed by atoms with E-state index in [0.717, 1.165) is 74.1 Å². The van der Waals surface area contributed by atoms with Gasteiger partial charge in [0, 0.05) is 65.1 Å². The van der Waals surface area contributed by atoms with E-state index < -0.39 is 0 Å². The molecule has 0 atom stereocenters. The molecule has 1 aliphatic carbocycles. The van der Waals surface area contributed by atoms with Crippen LogP contribution in [0.3, 0.4) is 0 Å². The van der Waals surface area contributed by atoms with Crippen molar-refractivity contribution in [2.75, 3.05) is 9.71 Å². The smallest absolute Gasteiger partial charge is 0.343 e. The molecular formula is C66H59BN2O2S. The third-order valence-corrected chi connectivity index (χ3v) is 18.0. The molecule has 0 amide bonds. The molecule has 0 N–H and O–H groups in total. The van der Waals surface area contributed by atoms with Gasteiger partial charge in [-0.1, -0.05) is 148 Å². The summed E-state index contributed by atoms with van der Waals surface area (Å²) in [7, 11) is 0. The Kier molecular flexibility index (Phi) is 8.99. The highest BCUT2D eigenvalue weighted by molar-refractivity contribution is 7.32. The first-order valence-corrected chi connectivity index (χ1v) is 26.7. The molecule has 0 unspecified atom stereocenters. The van der Waals surface area contributed by atoms with Crippen molar-refractivity contribution in [2.45, 2.75) is 104 Å². The Labute approximate surface area is 427 Å². The fraction of sp³-hybridized carbons (Fsp3) is 0.242. The van der Waals surface area contributed by atoms with E-state index in [1.165, 1.54) is 75.9 Å². The van der Waals surface area contributed by atoms with Crippen molar-refractivity contribution in [1.29, 1.82) is 0 Å². The summed E-state index contributed by atoms with van der Waals surface area (Å²) in [5, 5.41) is 5.83. The van der Waals surface area contributed by atoms with Crippen LogP contribution >= 0.6 is 11.3 Å². The van der Waals surface area contributed by atoms with Gasteiger partial charge in [0.1, 0.15) is 16.7 Å². The predicted octanol–water partition coefficient (Wildman–Crippen LogP) is 18.0. The van der Waals surface area contributed by atoms with E-state index in [9.17, 15) is 0 Å². The van der Waals surface area contributed by atoms with Crippen molar-refractivity contribution in [3.05, 3.63) is 174 Å². The maximum Gasteiger partial charge on any atom is 0.343 e. The van der Waals surface area contributed by atoms with Crippen molar-refractivity contribution in [1.82, 2.24) is 0 Å². The van der Waals surface area contributed by atoms with Gasteiger partial charge in [0.05, 0.1) is 11.4 Å². The van der Waals surface area contributed by atoms with Crippen LogP contribution in [0.5, 0.6) is 0 Å². The largest absolute Gasteiger partial charge is 0.456 e. The zero-order valence-electron chi connectivity index (χ0n) is 43.0. The molecule has 0 fully saturated rings. The molecule has 72 heavy (non-hydrogen) atoms. The summed E-state index contributed by atoms with van der Waals surface area (Å²) in [5.74, 6) is 0. The zero-order chi connectivity index (χ0) is 49.4. The zero-order valence-corrected chi connectivity index (χ0v) is 43.9. The molecule has 14 rings (SSSR count). The van der Waals surface area contributed by atoms with Gasteiger partial charge >= 0.3 is 6.85 Å². The van der Waals surface area contributed by atoms with Gasteiger partial charge in [-0.3, -0.25) is 0 Å². The lowest BCUT2D eigenvalue weighted by Gasteiger charge is -2.44. The molecule has 8 aromatic carbocycles. The van der Waals surface area contributed by atoms with Crippen LogP contribution in [0.15, 0.2) is 160 Å². The molecule has 0 radical (unpaired) electrons. The molecule has 0 spiro atoms. The summed E-state index contributed by atoms with van der Waals surface area (Å²) >= 11 is 1.93. The van der Waals surface area contributed by atoms with Gasteiger partial charge in [-0.05, 0) is 146 Å². The SMILES string of the molecule is CC(C)(C)c1ccc(N2c3c(sc4ccc(C(C)(C)C)cc34)B3c4c(cc5c(oc6ccccc65)c42)-c2cc4c(cc2N3c2ccc(-c3ccccc3)cc2)oc2cc3c(cc24)C(C)(C)CCC3(C)C)cc1. The minimum atomic E-state index is -0.200. The lowest BCUT2D eigenvalue weighted by atomic mass is 9.46. The van der Waals surface area contributed by atoms with E-state index >= 15 is 0 Å². The summed E-state index contributed by atoms with van der Waals surface area (Å²) in [6, 6.07) is 57.3. The number of hydrogen-bond donors (Lipinski definition) is 0. The number of hydrogen-bond acceptors (Lipinski definition) is 5. The second-order valence-corrected chi connectivity index (χ2v) is 25.5. The number of benzene rings is 8. The molecule has 354 valence electrons. The van der Waals surface area contributed by atoms with Gasteiger partial charge in [-0.15, -0.1) is 11.3 Å². The average molecular weight is 955 g/mol. The number of para-hydroxylation sites is 1. The van der Waals surface area contributed by atoms with Gasteiger partial charge in [-0.2, -0.15) is 0 Å². The number of anilines is 5. The second-order valence-electron chi connectivity index (χ2n) is 24.4. The van der Waals surface area contributed by atoms with Crippen molar-refractivity contribution < 1.29 is 8.83 Å². The Morgan fingerprint density at radius 3 is 1.83 bits per heavy atom. The van der Waals surface area contributed by atoms with Gasteiger partial charge in [0.2, 0.25) is 0 Å². The molecule has 2 aliphatic heterocycles. The third kappa shape index (κ3) is 6.30. The van der Waals surface area contributed by atoms with Crippen LogP contribution in [-0.2, 0) is 21.7 Å². The maximum atomic E-state index is 7.26. The van der Waals surface area contributed by atoms with Crippen LogP contribution in [-0.4, -0.2) is 6.85 Å². The molecule has 3 aliphatic rings. The first-order valence-electron chi connectivity index (χ1n) is 25.9. The van der Waals surface area contributed by atoms with Crippen LogP contribution in [0.4, 0.5) is 28.4 Å². The summed E-state index contributed by atoms with van der Waals surface area (Å²) in [6.07, 6.45) is 2.30. The Morgan fingerprint density at radius 1 is 0.500 bits per heavy atom. The molecule has 0 bridgehead atoms. The number of thiophene rings is 1. The number of fused-ring (bicyclic) bond motifs is 14. The lowest BCUT2D eigenvalue weighted by Crippen LogP contribution is -2.60. The van der Waals surface area contributed by atoms with Crippen LogP contribution in [0.2, 0.25) is 0 Å². The summed E-state index contributed by atoms with van der Waals surface area (Å²) in [6.45, 7) is 23.3. The second kappa shape index (κ2) is 14.8. The first kappa shape index (κ1) is 43.7. The summed E-state index contributed by atoms with van der Waals surface area (Å²) < 4.78 is 17.0. The van der Waals surface area contributed by atoms with Crippen molar-refractivity contribution in [3.63, 3.8) is 0 Å². The molecule has 11 aromatic rings. The fourth-order valence-corrected chi connectivity index (χ4v) is 13.9. The monoisotopic (exact) mass is 954 g/mol. The quantitative estimate of drug-likeness (QED) is 0.165. The molecule has 6 heteroatoms. The molecular weight excluding hydrogens is 896 g/mol. The Bertz CT molecular complexity index is 4060. The Morgan fingerprint density at radius 2 is 1.11 bits per heavy atom. The van der Waals surface area contributed by atoms with Gasteiger partial charge in [0.25, 0.3) is 0 Å². The summed E-state index contributed by atoms with van der Waals surface area (Å²) in [5.41, 5.74) is 21.0. The lowest BCUT2D eigenvalue weighted by molar-refractivity contribution is 0.332. The highest BCUT2D eigenvalue weighted by Gasteiger charge is 2.49. The molecule has 0 saturated heterocycles. The Hall–Kier alpha value is -7.02. The average Bonchev–Trinajstić information content (AvgIpc) is 4.05. The van der Waals surface area contributed by atoms with Crippen molar-refractivity contribution in [2.24, 2.45) is 0 Å². The first-order chi connectivity index (χ1) is 34.4. The molecule has 0 saturated carbocycles. The molecule has 4 nitrogen and oxygen atoms in total. The number of rotatable bonds is 3. The van der Waals surface area contributed by atoms with Crippen LogP contribution in [0, 0.1) is 0 Å². The van der Waals surface area contributed by atoms with Crippen LogP contribution in [0.25, 0.3) is 76.2 Å². The van der Waals surface area contributed by atoms with E-state index in [0.29, 0.717) is 0 Å². The van der Waals surface area contributed by atoms with E-state index in [1.807, 2.05) is 11.3 Å². The standard InChI is InChI=1S/C66H59BN2O2S/c1-63(2,3)40-22-27-42(28-23-40)68-59-50-32-41(64(4,5)6)24-29-57(50)72-62(59)67-58-48(34-49-44-18-14-15-19-54(44)71-61(49)60(58)68)45-33-46-47-35-51-52(66(9,10)31-30-65(51,7)8)36-55(47)70-56(46)37-53(45)69(67)43-25-20-39(21-26-43)38-16-12-11-13-17-38/h11-29,32-37H,30-31H2,1-10H3. The van der Waals surface area contributed by atoms with Crippen LogP contribution < -0.4 is 20.0 Å². The maximum absolute atomic E-state index is 7.26. The van der Waals surface area contributed by atoms with E-state index in [-0.39, 0.29) is 28.5 Å². The Balaban J connectivity index is 1.13.